The van der Waals surface area contributed by atoms with Crippen molar-refractivity contribution < 1.29 is 23.9 Å². The van der Waals surface area contributed by atoms with E-state index in [4.69, 9.17) is 9.47 Å². The molecule has 9 nitrogen and oxygen atoms in total. The molecule has 0 atom stereocenters. The fourth-order valence-electron chi connectivity index (χ4n) is 4.25. The lowest BCUT2D eigenvalue weighted by molar-refractivity contribution is -0.139. The Labute approximate surface area is 205 Å². The topological polar surface area (TPSA) is 96.5 Å². The van der Waals surface area contributed by atoms with Crippen molar-refractivity contribution in [1.82, 2.24) is 13.7 Å². The zero-order valence-electron chi connectivity index (χ0n) is 21.8. The van der Waals surface area contributed by atoms with Crippen LogP contribution in [0.25, 0.3) is 0 Å². The number of methoxy groups -OCH3 is 1. The summed E-state index contributed by atoms with van der Waals surface area (Å²) in [6.45, 7) is 9.25. The molecule has 0 bridgehead atoms. The largest absolute Gasteiger partial charge is 0.464 e. The summed E-state index contributed by atoms with van der Waals surface area (Å²) in [5.41, 5.74) is 1.70. The molecule has 0 spiro atoms. The predicted octanol–water partition coefficient (Wildman–Crippen LogP) is 3.60. The summed E-state index contributed by atoms with van der Waals surface area (Å²) in [7, 11) is 6.69. The van der Waals surface area contributed by atoms with Crippen molar-refractivity contribution in [2.45, 2.75) is 45.4 Å². The average Bonchev–Trinajstić information content (AvgIpc) is 3.43. The minimum Gasteiger partial charge on any atom is -0.464 e. The van der Waals surface area contributed by atoms with Gasteiger partial charge in [0.25, 0.3) is 0 Å². The average molecular weight is 483 g/mol. The SMILES string of the molecule is COC(=O)c1cc(OC(=O)C(C)(C)c2cc(NC(=O)C(C)(C)c3cc(C)cn3C)cn2C)cn1C. The first-order valence-corrected chi connectivity index (χ1v) is 11.3. The highest BCUT2D eigenvalue weighted by Gasteiger charge is 2.37. The van der Waals surface area contributed by atoms with E-state index in [-0.39, 0.29) is 17.4 Å². The number of hydrogen-bond acceptors (Lipinski definition) is 5. The number of anilines is 1. The minimum absolute atomic E-state index is 0.157. The molecule has 9 heteroatoms. The summed E-state index contributed by atoms with van der Waals surface area (Å²) in [4.78, 5) is 38.1. The molecule has 35 heavy (non-hydrogen) atoms. The molecule has 188 valence electrons. The van der Waals surface area contributed by atoms with Gasteiger partial charge < -0.3 is 28.5 Å². The molecule has 3 aromatic heterocycles. The predicted molar refractivity (Wildman–Crippen MR) is 133 cm³/mol. The van der Waals surface area contributed by atoms with Crippen LogP contribution in [-0.2, 0) is 46.3 Å². The van der Waals surface area contributed by atoms with E-state index in [1.807, 2.05) is 51.7 Å². The summed E-state index contributed by atoms with van der Waals surface area (Å²) in [6, 6.07) is 5.24. The molecule has 0 unspecified atom stereocenters. The molecule has 1 N–H and O–H groups in total. The number of carbonyl (C=O) groups is 3. The van der Waals surface area contributed by atoms with Crippen molar-refractivity contribution in [1.29, 1.82) is 0 Å². The third kappa shape index (κ3) is 4.89. The number of esters is 2. The highest BCUT2D eigenvalue weighted by Crippen LogP contribution is 2.31. The van der Waals surface area contributed by atoms with Gasteiger partial charge in [0.05, 0.1) is 18.2 Å². The number of amides is 1. The molecule has 0 aliphatic heterocycles. The van der Waals surface area contributed by atoms with Crippen LogP contribution >= 0.6 is 0 Å². The molecule has 0 aliphatic rings. The Balaban J connectivity index is 1.80. The standard InChI is InChI=1S/C26H34N4O5/c1-16-10-20(29(7)13-16)25(2,3)23(32)27-17-11-21(30(8)14-17)26(4,5)24(33)35-18-12-19(22(31)34-9)28(6)15-18/h10-15H,1-9H3,(H,27,32). The quantitative estimate of drug-likeness (QED) is 0.519. The van der Waals surface area contributed by atoms with E-state index in [1.54, 1.807) is 43.9 Å². The molecule has 3 aromatic rings. The number of aryl methyl sites for hydroxylation is 4. The van der Waals surface area contributed by atoms with Crippen LogP contribution in [0.1, 0.15) is 55.1 Å². The van der Waals surface area contributed by atoms with Crippen LogP contribution in [0.5, 0.6) is 5.75 Å². The number of aromatic nitrogens is 3. The van der Waals surface area contributed by atoms with Crippen LogP contribution in [0.15, 0.2) is 36.8 Å². The molecular weight excluding hydrogens is 448 g/mol. The lowest BCUT2D eigenvalue weighted by atomic mass is 9.87. The van der Waals surface area contributed by atoms with E-state index in [1.165, 1.54) is 17.7 Å². The minimum atomic E-state index is -1.04. The van der Waals surface area contributed by atoms with Crippen LogP contribution in [0.3, 0.4) is 0 Å². The third-order valence-corrected chi connectivity index (χ3v) is 6.35. The summed E-state index contributed by atoms with van der Waals surface area (Å²) in [5, 5.41) is 2.99. The Morgan fingerprint density at radius 1 is 0.829 bits per heavy atom. The van der Waals surface area contributed by atoms with Gasteiger partial charge in [0, 0.05) is 57.2 Å². The van der Waals surface area contributed by atoms with E-state index >= 15 is 0 Å². The Hall–Kier alpha value is -3.75. The molecule has 1 amide bonds. The number of nitrogens with one attached hydrogen (secondary N) is 1. The van der Waals surface area contributed by atoms with Crippen LogP contribution < -0.4 is 10.1 Å². The molecule has 3 rings (SSSR count). The molecule has 3 heterocycles. The zero-order chi connectivity index (χ0) is 26.3. The Bertz CT molecular complexity index is 1290. The first-order valence-electron chi connectivity index (χ1n) is 11.3. The molecule has 0 aliphatic carbocycles. The number of ether oxygens (including phenoxy) is 2. The second-order valence-corrected chi connectivity index (χ2v) is 10.00. The van der Waals surface area contributed by atoms with Crippen LogP contribution in [0.2, 0.25) is 0 Å². The maximum absolute atomic E-state index is 13.2. The molecule has 0 saturated heterocycles. The Morgan fingerprint density at radius 2 is 1.43 bits per heavy atom. The van der Waals surface area contributed by atoms with Gasteiger partial charge in [-0.1, -0.05) is 0 Å². The number of hydrogen-bond donors (Lipinski definition) is 1. The first kappa shape index (κ1) is 25.9. The van der Waals surface area contributed by atoms with Gasteiger partial charge in [-0.25, -0.2) is 4.79 Å². The highest BCUT2D eigenvalue weighted by molar-refractivity contribution is 5.98. The summed E-state index contributed by atoms with van der Waals surface area (Å²) >= 11 is 0. The van der Waals surface area contributed by atoms with Gasteiger partial charge in [-0.2, -0.15) is 0 Å². The number of carbonyl (C=O) groups excluding carboxylic acids is 3. The van der Waals surface area contributed by atoms with Gasteiger partial charge in [0.1, 0.15) is 16.9 Å². The van der Waals surface area contributed by atoms with Crippen molar-refractivity contribution >= 4 is 23.5 Å². The van der Waals surface area contributed by atoms with Crippen LogP contribution in [0, 0.1) is 6.92 Å². The Kier molecular flexibility index (Phi) is 6.75. The van der Waals surface area contributed by atoms with Gasteiger partial charge in [0.2, 0.25) is 5.91 Å². The van der Waals surface area contributed by atoms with E-state index in [9.17, 15) is 14.4 Å². The van der Waals surface area contributed by atoms with Gasteiger partial charge in [0.15, 0.2) is 0 Å². The second kappa shape index (κ2) is 9.13. The lowest BCUT2D eigenvalue weighted by Crippen LogP contribution is -2.36. The van der Waals surface area contributed by atoms with Gasteiger partial charge in [-0.05, 0) is 52.3 Å². The van der Waals surface area contributed by atoms with Crippen molar-refractivity contribution in [2.24, 2.45) is 21.1 Å². The molecular formula is C26H34N4O5. The zero-order valence-corrected chi connectivity index (χ0v) is 21.8. The fraction of sp³-hybridized carbons (Fsp3) is 0.423. The van der Waals surface area contributed by atoms with Crippen molar-refractivity contribution in [2.75, 3.05) is 12.4 Å². The lowest BCUT2D eigenvalue weighted by Gasteiger charge is -2.24. The number of rotatable bonds is 7. The first-order chi connectivity index (χ1) is 16.2. The molecule has 0 saturated carbocycles. The summed E-state index contributed by atoms with van der Waals surface area (Å²) < 4.78 is 15.6. The van der Waals surface area contributed by atoms with Gasteiger partial charge >= 0.3 is 11.9 Å². The monoisotopic (exact) mass is 482 g/mol. The normalized spacial score (nSPS) is 11.9. The molecule has 0 radical (unpaired) electrons. The van der Waals surface area contributed by atoms with E-state index in [0.717, 1.165) is 11.3 Å². The Morgan fingerprint density at radius 3 is 2.00 bits per heavy atom. The van der Waals surface area contributed by atoms with Crippen LogP contribution in [0.4, 0.5) is 5.69 Å². The summed E-state index contributed by atoms with van der Waals surface area (Å²) in [5.74, 6) is -0.937. The summed E-state index contributed by atoms with van der Waals surface area (Å²) in [6.07, 6.45) is 5.30. The van der Waals surface area contributed by atoms with Crippen molar-refractivity contribution in [3.05, 3.63) is 59.4 Å². The second-order valence-electron chi connectivity index (χ2n) is 10.00. The van der Waals surface area contributed by atoms with E-state index in [0.29, 0.717) is 11.4 Å². The maximum atomic E-state index is 13.2. The third-order valence-electron chi connectivity index (χ3n) is 6.35. The van der Waals surface area contributed by atoms with Crippen LogP contribution in [-0.4, -0.2) is 38.7 Å². The number of nitrogens with zero attached hydrogens (tertiary/aromatic N) is 3. The molecule has 0 aromatic carbocycles. The van der Waals surface area contributed by atoms with Crippen molar-refractivity contribution in [3.8, 4) is 5.75 Å². The van der Waals surface area contributed by atoms with E-state index in [2.05, 4.69) is 5.32 Å². The van der Waals surface area contributed by atoms with Gasteiger partial charge in [-0.15, -0.1) is 0 Å². The van der Waals surface area contributed by atoms with Crippen molar-refractivity contribution in [3.63, 3.8) is 0 Å². The van der Waals surface area contributed by atoms with E-state index < -0.39 is 22.8 Å². The smallest absolute Gasteiger partial charge is 0.354 e. The fourth-order valence-corrected chi connectivity index (χ4v) is 4.25. The maximum Gasteiger partial charge on any atom is 0.354 e. The van der Waals surface area contributed by atoms with Gasteiger partial charge in [-0.3, -0.25) is 9.59 Å². The highest BCUT2D eigenvalue weighted by atomic mass is 16.5. The molecule has 0 fully saturated rings.